The largest absolute Gasteiger partial charge is 0.504 e. The summed E-state index contributed by atoms with van der Waals surface area (Å²) in [5, 5.41) is 9.82. The molecular formula is C24H25NO5. The number of esters is 1. The zero-order chi connectivity index (χ0) is 22.0. The van der Waals surface area contributed by atoms with Crippen molar-refractivity contribution in [1.82, 2.24) is 0 Å². The van der Waals surface area contributed by atoms with Gasteiger partial charge in [-0.05, 0) is 54.3 Å². The summed E-state index contributed by atoms with van der Waals surface area (Å²) >= 11 is 0. The molecule has 30 heavy (non-hydrogen) atoms. The maximum atomic E-state index is 13.3. The summed E-state index contributed by atoms with van der Waals surface area (Å²) < 4.78 is 10.1. The molecule has 6 nitrogen and oxygen atoms in total. The maximum absolute atomic E-state index is 13.3. The minimum atomic E-state index is -0.584. The van der Waals surface area contributed by atoms with Gasteiger partial charge in [0.05, 0.1) is 25.4 Å². The third-order valence-electron chi connectivity index (χ3n) is 5.12. The van der Waals surface area contributed by atoms with Crippen LogP contribution in [0, 0.1) is 0 Å². The molecule has 0 saturated carbocycles. The van der Waals surface area contributed by atoms with Crippen LogP contribution < -0.4 is 9.64 Å². The minimum absolute atomic E-state index is 0.0100. The number of carbonyl (C=O) groups excluding carboxylic acids is 2. The van der Waals surface area contributed by atoms with Crippen molar-refractivity contribution in [2.45, 2.75) is 26.7 Å². The minimum Gasteiger partial charge on any atom is -0.504 e. The second-order valence-corrected chi connectivity index (χ2v) is 7.33. The van der Waals surface area contributed by atoms with E-state index >= 15 is 0 Å². The second kappa shape index (κ2) is 8.45. The summed E-state index contributed by atoms with van der Waals surface area (Å²) in [6.45, 7) is 5.92. The Hall–Kier alpha value is -3.54. The Morgan fingerprint density at radius 1 is 1.10 bits per heavy atom. The van der Waals surface area contributed by atoms with Crippen LogP contribution in [0.15, 0.2) is 59.3 Å². The number of aromatic hydroxyl groups is 1. The lowest BCUT2D eigenvalue weighted by Crippen LogP contribution is -2.24. The highest BCUT2D eigenvalue weighted by molar-refractivity contribution is 6.23. The second-order valence-electron chi connectivity index (χ2n) is 7.33. The lowest BCUT2D eigenvalue weighted by atomic mass is 10.0. The predicted molar refractivity (Wildman–Crippen MR) is 115 cm³/mol. The Morgan fingerprint density at radius 3 is 2.33 bits per heavy atom. The Morgan fingerprint density at radius 2 is 1.77 bits per heavy atom. The van der Waals surface area contributed by atoms with Crippen LogP contribution in [0.5, 0.6) is 11.5 Å². The van der Waals surface area contributed by atoms with Crippen LogP contribution in [0.4, 0.5) is 5.69 Å². The quantitative estimate of drug-likeness (QED) is 0.587. The van der Waals surface area contributed by atoms with Crippen LogP contribution in [0.2, 0.25) is 0 Å². The highest BCUT2D eigenvalue weighted by atomic mass is 16.5. The molecule has 3 rings (SSSR count). The molecule has 0 bridgehead atoms. The number of hydrogen-bond acceptors (Lipinski definition) is 5. The van der Waals surface area contributed by atoms with Gasteiger partial charge in [0.1, 0.15) is 0 Å². The first-order valence-corrected chi connectivity index (χ1v) is 9.61. The van der Waals surface area contributed by atoms with E-state index in [-0.39, 0.29) is 28.6 Å². The Bertz CT molecular complexity index is 1050. The standard InChI is InChI=1S/C24H25NO5/c1-14(2)17-7-9-18(10-8-17)25-15(3)22(24(28)30-5)19(23(25)27)12-16-6-11-20(26)21(13-16)29-4/h6-14,26H,1-5H3/b19-12-. The van der Waals surface area contributed by atoms with Crippen LogP contribution >= 0.6 is 0 Å². The fourth-order valence-electron chi connectivity index (χ4n) is 3.45. The molecule has 0 aliphatic carbocycles. The monoisotopic (exact) mass is 407 g/mol. The SMILES string of the molecule is COC(=O)C1=C(C)N(c2ccc(C(C)C)cc2)C(=O)/C1=C\c1ccc(O)c(OC)c1. The summed E-state index contributed by atoms with van der Waals surface area (Å²) in [7, 11) is 2.73. The molecule has 1 aliphatic rings. The first-order chi connectivity index (χ1) is 14.3. The lowest BCUT2D eigenvalue weighted by molar-refractivity contribution is -0.136. The third kappa shape index (κ3) is 3.81. The molecule has 0 fully saturated rings. The Labute approximate surface area is 176 Å². The summed E-state index contributed by atoms with van der Waals surface area (Å²) in [6, 6.07) is 12.4. The topological polar surface area (TPSA) is 76.1 Å². The van der Waals surface area contributed by atoms with Crippen molar-refractivity contribution in [2.75, 3.05) is 19.1 Å². The lowest BCUT2D eigenvalue weighted by Gasteiger charge is -2.19. The molecule has 0 radical (unpaired) electrons. The van der Waals surface area contributed by atoms with Gasteiger partial charge in [0.2, 0.25) is 0 Å². The molecule has 0 saturated heterocycles. The summed E-state index contributed by atoms with van der Waals surface area (Å²) in [5.41, 5.74) is 3.38. The fraction of sp³-hybridized carbons (Fsp3) is 0.250. The van der Waals surface area contributed by atoms with E-state index < -0.39 is 5.97 Å². The smallest absolute Gasteiger partial charge is 0.340 e. The number of phenolic OH excluding ortho intramolecular Hbond substituents is 1. The predicted octanol–water partition coefficient (Wildman–Crippen LogP) is 4.40. The Kier molecular flexibility index (Phi) is 5.96. The molecule has 6 heteroatoms. The molecule has 1 amide bonds. The number of rotatable bonds is 5. The van der Waals surface area contributed by atoms with Gasteiger partial charge in [-0.3, -0.25) is 9.69 Å². The number of benzene rings is 2. The van der Waals surface area contributed by atoms with Crippen molar-refractivity contribution < 1.29 is 24.2 Å². The normalized spacial score (nSPS) is 15.3. The molecule has 1 heterocycles. The number of ether oxygens (including phenoxy) is 2. The van der Waals surface area contributed by atoms with Gasteiger partial charge in [-0.1, -0.05) is 32.0 Å². The van der Waals surface area contributed by atoms with Gasteiger partial charge in [0.15, 0.2) is 11.5 Å². The number of nitrogens with zero attached hydrogens (tertiary/aromatic N) is 1. The van der Waals surface area contributed by atoms with Crippen molar-refractivity contribution in [3.8, 4) is 11.5 Å². The zero-order valence-corrected chi connectivity index (χ0v) is 17.7. The molecule has 1 N–H and O–H groups in total. The van der Waals surface area contributed by atoms with Crippen LogP contribution in [-0.2, 0) is 14.3 Å². The summed E-state index contributed by atoms with van der Waals surface area (Å²) in [4.78, 5) is 27.3. The summed E-state index contributed by atoms with van der Waals surface area (Å²) in [6.07, 6.45) is 1.60. The number of hydrogen-bond donors (Lipinski definition) is 1. The zero-order valence-electron chi connectivity index (χ0n) is 17.7. The number of carbonyl (C=O) groups is 2. The van der Waals surface area contributed by atoms with Crippen LogP contribution in [0.25, 0.3) is 6.08 Å². The van der Waals surface area contributed by atoms with Crippen LogP contribution in [0.1, 0.15) is 37.8 Å². The average Bonchev–Trinajstić information content (AvgIpc) is 2.98. The van der Waals surface area contributed by atoms with Gasteiger partial charge in [-0.2, -0.15) is 0 Å². The van der Waals surface area contributed by atoms with Gasteiger partial charge >= 0.3 is 5.97 Å². The molecule has 2 aromatic carbocycles. The van der Waals surface area contributed by atoms with E-state index in [0.29, 0.717) is 22.9 Å². The number of anilines is 1. The van der Waals surface area contributed by atoms with E-state index in [9.17, 15) is 14.7 Å². The van der Waals surface area contributed by atoms with Gasteiger partial charge in [-0.25, -0.2) is 4.79 Å². The average molecular weight is 407 g/mol. The first-order valence-electron chi connectivity index (χ1n) is 9.61. The molecule has 0 atom stereocenters. The van der Waals surface area contributed by atoms with E-state index in [1.807, 2.05) is 24.3 Å². The van der Waals surface area contributed by atoms with Gasteiger partial charge < -0.3 is 14.6 Å². The molecule has 1 aliphatic heterocycles. The van der Waals surface area contributed by atoms with Crippen molar-refractivity contribution in [1.29, 1.82) is 0 Å². The van der Waals surface area contributed by atoms with Gasteiger partial charge in [0.25, 0.3) is 5.91 Å². The van der Waals surface area contributed by atoms with Crippen LogP contribution in [-0.4, -0.2) is 31.2 Å². The number of allylic oxidation sites excluding steroid dienone is 1. The van der Waals surface area contributed by atoms with Crippen LogP contribution in [0.3, 0.4) is 0 Å². The maximum Gasteiger partial charge on any atom is 0.340 e. The van der Waals surface area contributed by atoms with E-state index in [4.69, 9.17) is 9.47 Å². The van der Waals surface area contributed by atoms with Crippen molar-refractivity contribution in [3.63, 3.8) is 0 Å². The molecule has 0 spiro atoms. The number of methoxy groups -OCH3 is 2. The van der Waals surface area contributed by atoms with E-state index in [2.05, 4.69) is 13.8 Å². The Balaban J connectivity index is 2.10. The van der Waals surface area contributed by atoms with E-state index in [1.54, 1.807) is 25.1 Å². The number of phenols is 1. The van der Waals surface area contributed by atoms with Crippen molar-refractivity contribution in [2.24, 2.45) is 0 Å². The molecule has 0 unspecified atom stereocenters. The molecule has 156 valence electrons. The third-order valence-corrected chi connectivity index (χ3v) is 5.12. The molecule has 0 aromatic heterocycles. The van der Waals surface area contributed by atoms with Crippen molar-refractivity contribution in [3.05, 3.63) is 70.4 Å². The highest BCUT2D eigenvalue weighted by Gasteiger charge is 2.37. The highest BCUT2D eigenvalue weighted by Crippen LogP contribution is 2.36. The first kappa shape index (κ1) is 21.2. The fourth-order valence-corrected chi connectivity index (χ4v) is 3.45. The van der Waals surface area contributed by atoms with E-state index in [1.165, 1.54) is 25.2 Å². The van der Waals surface area contributed by atoms with E-state index in [0.717, 1.165) is 5.56 Å². The molecular weight excluding hydrogens is 382 g/mol. The molecule has 2 aromatic rings. The summed E-state index contributed by atoms with van der Waals surface area (Å²) in [5.74, 6) is -0.271. The van der Waals surface area contributed by atoms with Gasteiger partial charge in [-0.15, -0.1) is 0 Å². The van der Waals surface area contributed by atoms with Gasteiger partial charge in [0, 0.05) is 11.4 Å². The van der Waals surface area contributed by atoms with Crippen molar-refractivity contribution >= 4 is 23.6 Å². The number of amides is 1.